The minimum Gasteiger partial charge on any atom is -0.336 e. The van der Waals surface area contributed by atoms with Crippen LogP contribution in [0.1, 0.15) is 11.1 Å². The fourth-order valence-electron chi connectivity index (χ4n) is 1.73. The fourth-order valence-corrected chi connectivity index (χ4v) is 2.21. The molecule has 2 rings (SSSR count). The van der Waals surface area contributed by atoms with E-state index in [0.29, 0.717) is 19.6 Å². The highest BCUT2D eigenvalue weighted by molar-refractivity contribution is 9.10. The molecule has 106 valence electrons. The molecule has 2 amide bonds. The number of nitrogens with zero attached hydrogens (tertiary/aromatic N) is 3. The summed E-state index contributed by atoms with van der Waals surface area (Å²) in [6.45, 7) is 3.64. The molecule has 0 saturated heterocycles. The summed E-state index contributed by atoms with van der Waals surface area (Å²) >= 11 is 3.42. The molecule has 20 heavy (non-hydrogen) atoms. The molecule has 0 unspecified atom stereocenters. The van der Waals surface area contributed by atoms with Crippen LogP contribution in [0.4, 0.5) is 4.79 Å². The summed E-state index contributed by atoms with van der Waals surface area (Å²) in [5, 5.41) is 13.1. The molecule has 0 atom stereocenters. The molecule has 0 aliphatic heterocycles. The minimum absolute atomic E-state index is 0.188. The average Bonchev–Trinajstić information content (AvgIpc) is 2.91. The highest BCUT2D eigenvalue weighted by atomic mass is 79.9. The van der Waals surface area contributed by atoms with E-state index in [1.54, 1.807) is 17.1 Å². The molecular weight excluding hydrogens is 322 g/mol. The lowest BCUT2D eigenvalue weighted by atomic mass is 10.1. The number of halogens is 1. The van der Waals surface area contributed by atoms with Crippen LogP contribution in [0.25, 0.3) is 0 Å². The molecule has 0 bridgehead atoms. The molecule has 0 spiro atoms. The van der Waals surface area contributed by atoms with E-state index >= 15 is 0 Å². The Morgan fingerprint density at radius 3 is 2.95 bits per heavy atom. The maximum atomic E-state index is 11.6. The van der Waals surface area contributed by atoms with Crippen LogP contribution in [0.15, 0.2) is 35.1 Å². The zero-order valence-corrected chi connectivity index (χ0v) is 12.7. The van der Waals surface area contributed by atoms with Crippen molar-refractivity contribution in [3.05, 3.63) is 46.2 Å². The third kappa shape index (κ3) is 4.34. The number of aryl methyl sites for hydroxylation is 1. The maximum Gasteiger partial charge on any atom is 0.315 e. The summed E-state index contributed by atoms with van der Waals surface area (Å²) in [5.41, 5.74) is 2.24. The zero-order valence-electron chi connectivity index (χ0n) is 11.1. The SMILES string of the molecule is Cc1cc(Br)ccc1CNC(=O)NCCn1ccnn1. The molecule has 0 fully saturated rings. The van der Waals surface area contributed by atoms with Crippen LogP contribution >= 0.6 is 15.9 Å². The molecule has 0 aliphatic carbocycles. The van der Waals surface area contributed by atoms with Gasteiger partial charge in [-0.1, -0.05) is 27.2 Å². The van der Waals surface area contributed by atoms with E-state index in [0.717, 1.165) is 15.6 Å². The van der Waals surface area contributed by atoms with Gasteiger partial charge in [-0.3, -0.25) is 4.68 Å². The number of carbonyl (C=O) groups excluding carboxylic acids is 1. The van der Waals surface area contributed by atoms with Gasteiger partial charge in [-0.25, -0.2) is 4.79 Å². The van der Waals surface area contributed by atoms with Crippen LogP contribution < -0.4 is 10.6 Å². The Labute approximate surface area is 125 Å². The van der Waals surface area contributed by atoms with Gasteiger partial charge in [0.25, 0.3) is 0 Å². The number of urea groups is 1. The van der Waals surface area contributed by atoms with Gasteiger partial charge < -0.3 is 10.6 Å². The van der Waals surface area contributed by atoms with E-state index < -0.39 is 0 Å². The number of hydrogen-bond acceptors (Lipinski definition) is 3. The lowest BCUT2D eigenvalue weighted by molar-refractivity contribution is 0.240. The molecule has 0 aliphatic rings. The Morgan fingerprint density at radius 2 is 2.25 bits per heavy atom. The summed E-state index contributed by atoms with van der Waals surface area (Å²) in [5.74, 6) is 0. The molecule has 1 aromatic heterocycles. The highest BCUT2D eigenvalue weighted by Gasteiger charge is 2.03. The second kappa shape index (κ2) is 7.04. The van der Waals surface area contributed by atoms with Crippen molar-refractivity contribution < 1.29 is 4.79 Å². The van der Waals surface area contributed by atoms with Crippen molar-refractivity contribution in [2.45, 2.75) is 20.0 Å². The zero-order chi connectivity index (χ0) is 14.4. The maximum absolute atomic E-state index is 11.6. The molecule has 2 aromatic rings. The van der Waals surface area contributed by atoms with Crippen LogP contribution in [-0.4, -0.2) is 27.6 Å². The topological polar surface area (TPSA) is 71.8 Å². The summed E-state index contributed by atoms with van der Waals surface area (Å²) in [6.07, 6.45) is 3.36. The van der Waals surface area contributed by atoms with Gasteiger partial charge in [0, 0.05) is 23.8 Å². The molecule has 2 N–H and O–H groups in total. The van der Waals surface area contributed by atoms with Gasteiger partial charge in [0.05, 0.1) is 12.7 Å². The van der Waals surface area contributed by atoms with E-state index in [1.165, 1.54) is 0 Å². The quantitative estimate of drug-likeness (QED) is 0.874. The lowest BCUT2D eigenvalue weighted by Crippen LogP contribution is -2.37. The molecule has 1 heterocycles. The number of rotatable bonds is 5. The molecule has 6 nitrogen and oxygen atoms in total. The van der Waals surface area contributed by atoms with Crippen molar-refractivity contribution in [3.8, 4) is 0 Å². The Morgan fingerprint density at radius 1 is 1.40 bits per heavy atom. The lowest BCUT2D eigenvalue weighted by Gasteiger charge is -2.09. The van der Waals surface area contributed by atoms with Crippen LogP contribution in [0, 0.1) is 6.92 Å². The molecule has 1 aromatic carbocycles. The van der Waals surface area contributed by atoms with Crippen molar-refractivity contribution in [2.75, 3.05) is 6.54 Å². The molecule has 7 heteroatoms. The van der Waals surface area contributed by atoms with Gasteiger partial charge in [-0.2, -0.15) is 0 Å². The van der Waals surface area contributed by atoms with Gasteiger partial charge >= 0.3 is 6.03 Å². The first-order valence-electron chi connectivity index (χ1n) is 6.26. The number of nitrogens with one attached hydrogen (secondary N) is 2. The van der Waals surface area contributed by atoms with Crippen molar-refractivity contribution >= 4 is 22.0 Å². The predicted molar refractivity (Wildman–Crippen MR) is 79.1 cm³/mol. The minimum atomic E-state index is -0.188. The summed E-state index contributed by atoms with van der Waals surface area (Å²) < 4.78 is 2.70. The van der Waals surface area contributed by atoms with E-state index in [2.05, 4.69) is 36.9 Å². The molecule has 0 radical (unpaired) electrons. The van der Waals surface area contributed by atoms with Crippen LogP contribution in [0.5, 0.6) is 0 Å². The second-order valence-electron chi connectivity index (χ2n) is 4.35. The number of carbonyl (C=O) groups is 1. The van der Waals surface area contributed by atoms with Gasteiger partial charge in [0.1, 0.15) is 0 Å². The largest absolute Gasteiger partial charge is 0.336 e. The first-order valence-corrected chi connectivity index (χ1v) is 7.05. The van der Waals surface area contributed by atoms with E-state index in [-0.39, 0.29) is 6.03 Å². The van der Waals surface area contributed by atoms with Gasteiger partial charge in [0.15, 0.2) is 0 Å². The van der Waals surface area contributed by atoms with Gasteiger partial charge in [-0.15, -0.1) is 5.10 Å². The second-order valence-corrected chi connectivity index (χ2v) is 5.26. The van der Waals surface area contributed by atoms with Crippen molar-refractivity contribution in [3.63, 3.8) is 0 Å². The normalized spacial score (nSPS) is 10.3. The number of aromatic nitrogens is 3. The Hall–Kier alpha value is -1.89. The fraction of sp³-hybridized carbons (Fsp3) is 0.308. The Balaban J connectivity index is 1.72. The smallest absolute Gasteiger partial charge is 0.315 e. The summed E-state index contributed by atoms with van der Waals surface area (Å²) in [6, 6.07) is 5.80. The number of amides is 2. The van der Waals surface area contributed by atoms with E-state index in [4.69, 9.17) is 0 Å². The molecular formula is C13H16BrN5O. The van der Waals surface area contributed by atoms with Crippen LogP contribution in [0.2, 0.25) is 0 Å². The van der Waals surface area contributed by atoms with Crippen molar-refractivity contribution in [1.82, 2.24) is 25.6 Å². The summed E-state index contributed by atoms with van der Waals surface area (Å²) in [4.78, 5) is 11.6. The van der Waals surface area contributed by atoms with Crippen LogP contribution in [0.3, 0.4) is 0 Å². The first-order chi connectivity index (χ1) is 9.65. The number of benzene rings is 1. The predicted octanol–water partition coefficient (Wildman–Crippen LogP) is 1.85. The standard InChI is InChI=1S/C13H16BrN5O/c1-10-8-12(14)3-2-11(10)9-16-13(20)15-4-6-19-7-5-17-18-19/h2-3,5,7-8H,4,6,9H2,1H3,(H2,15,16,20). The third-order valence-corrected chi connectivity index (χ3v) is 3.34. The van der Waals surface area contributed by atoms with Gasteiger partial charge in [-0.05, 0) is 30.2 Å². The Kier molecular flexibility index (Phi) is 5.11. The third-order valence-electron chi connectivity index (χ3n) is 2.84. The van der Waals surface area contributed by atoms with E-state index in [9.17, 15) is 4.79 Å². The Bertz CT molecular complexity index is 570. The van der Waals surface area contributed by atoms with Gasteiger partial charge in [0.2, 0.25) is 0 Å². The van der Waals surface area contributed by atoms with E-state index in [1.807, 2.05) is 25.1 Å². The van der Waals surface area contributed by atoms with Crippen LogP contribution in [-0.2, 0) is 13.1 Å². The van der Waals surface area contributed by atoms with Crippen molar-refractivity contribution in [2.24, 2.45) is 0 Å². The highest BCUT2D eigenvalue weighted by Crippen LogP contribution is 2.15. The summed E-state index contributed by atoms with van der Waals surface area (Å²) in [7, 11) is 0. The monoisotopic (exact) mass is 337 g/mol. The first kappa shape index (κ1) is 14.5. The molecule has 0 saturated carbocycles. The average molecular weight is 338 g/mol. The number of hydrogen-bond donors (Lipinski definition) is 2. The van der Waals surface area contributed by atoms with Crippen molar-refractivity contribution in [1.29, 1.82) is 0 Å².